The molecule has 0 radical (unpaired) electrons. The topological polar surface area (TPSA) is 83.6 Å². The van der Waals surface area contributed by atoms with Gasteiger partial charge in [0.05, 0.1) is 23.4 Å². The molecule has 3 aliphatic rings. The third-order valence-electron chi connectivity index (χ3n) is 7.50. The van der Waals surface area contributed by atoms with Gasteiger partial charge in [-0.25, -0.2) is 0 Å². The summed E-state index contributed by atoms with van der Waals surface area (Å²) in [5.41, 5.74) is 1.33. The Hall–Kier alpha value is -2.61. The van der Waals surface area contributed by atoms with Crippen LogP contribution in [-0.4, -0.2) is 64.1 Å². The predicted octanol–water partition coefficient (Wildman–Crippen LogP) is 2.20. The van der Waals surface area contributed by atoms with Crippen LogP contribution >= 0.6 is 0 Å². The number of hydrogen-bond donors (Lipinski definition) is 1. The van der Waals surface area contributed by atoms with Crippen LogP contribution in [0.1, 0.15) is 47.4 Å². The summed E-state index contributed by atoms with van der Waals surface area (Å²) < 4.78 is 7.19. The standard InChI is InChI=1S/C24H33N5O3/c1-17-21(6-9-32-17)22(30)29-8-3-7-24(23(31)25-10-18-4-5-18)16-28(14-20(24)15-29)13-19-11-26-27(2)12-19/h6,9,11-12,18,20H,3-5,7-8,10,13-16H2,1-2H3,(H,25,31)/t20-,24+/m1/s1. The van der Waals surface area contributed by atoms with Crippen LogP contribution in [0.5, 0.6) is 0 Å². The van der Waals surface area contributed by atoms with Gasteiger partial charge >= 0.3 is 0 Å². The smallest absolute Gasteiger partial charge is 0.257 e. The van der Waals surface area contributed by atoms with E-state index in [9.17, 15) is 9.59 Å². The summed E-state index contributed by atoms with van der Waals surface area (Å²) in [5.74, 6) is 1.59. The first-order valence-electron chi connectivity index (χ1n) is 11.8. The Morgan fingerprint density at radius 3 is 2.84 bits per heavy atom. The van der Waals surface area contributed by atoms with Crippen LogP contribution in [0.25, 0.3) is 0 Å². The Balaban J connectivity index is 1.37. The van der Waals surface area contributed by atoms with E-state index < -0.39 is 5.41 Å². The lowest BCUT2D eigenvalue weighted by molar-refractivity contribution is -0.133. The van der Waals surface area contributed by atoms with Gasteiger partial charge in [-0.05, 0) is 44.6 Å². The first kappa shape index (κ1) is 21.2. The third-order valence-corrected chi connectivity index (χ3v) is 7.50. The quantitative estimate of drug-likeness (QED) is 0.746. The molecule has 8 heteroatoms. The molecule has 1 saturated carbocycles. The van der Waals surface area contributed by atoms with Crippen molar-refractivity contribution in [3.63, 3.8) is 0 Å². The minimum absolute atomic E-state index is 0.0103. The highest BCUT2D eigenvalue weighted by Crippen LogP contribution is 2.44. The lowest BCUT2D eigenvalue weighted by atomic mass is 9.74. The molecule has 2 aromatic rings. The Bertz CT molecular complexity index is 993. The summed E-state index contributed by atoms with van der Waals surface area (Å²) in [7, 11) is 1.92. The van der Waals surface area contributed by atoms with Gasteiger partial charge in [0, 0.05) is 64.0 Å². The van der Waals surface area contributed by atoms with E-state index >= 15 is 0 Å². The van der Waals surface area contributed by atoms with Gasteiger partial charge in [0.1, 0.15) is 5.76 Å². The maximum absolute atomic E-state index is 13.6. The Morgan fingerprint density at radius 1 is 1.31 bits per heavy atom. The third kappa shape index (κ3) is 4.08. The zero-order chi connectivity index (χ0) is 22.3. The Labute approximate surface area is 188 Å². The Morgan fingerprint density at radius 2 is 2.16 bits per heavy atom. The van der Waals surface area contributed by atoms with Crippen LogP contribution in [0, 0.1) is 24.2 Å². The monoisotopic (exact) mass is 439 g/mol. The summed E-state index contributed by atoms with van der Waals surface area (Å²) >= 11 is 0. The van der Waals surface area contributed by atoms with Crippen molar-refractivity contribution in [2.24, 2.45) is 24.3 Å². The van der Waals surface area contributed by atoms with Crippen molar-refractivity contribution in [2.45, 2.75) is 39.2 Å². The van der Waals surface area contributed by atoms with Crippen molar-refractivity contribution in [2.75, 3.05) is 32.7 Å². The number of aromatic nitrogens is 2. The van der Waals surface area contributed by atoms with E-state index in [1.54, 1.807) is 12.3 Å². The molecule has 32 heavy (non-hydrogen) atoms. The zero-order valence-electron chi connectivity index (χ0n) is 19.0. The highest BCUT2D eigenvalue weighted by Gasteiger charge is 2.53. The van der Waals surface area contributed by atoms with Crippen LogP contribution in [0.2, 0.25) is 0 Å². The SMILES string of the molecule is Cc1occc1C(=O)N1CCC[C@]2(C(=O)NCC3CC3)CN(Cc3cnn(C)c3)C[C@@H]2C1. The second-order valence-electron chi connectivity index (χ2n) is 9.94. The predicted molar refractivity (Wildman–Crippen MR) is 119 cm³/mol. The number of carbonyl (C=O) groups excluding carboxylic acids is 2. The van der Waals surface area contributed by atoms with Crippen LogP contribution in [0.3, 0.4) is 0 Å². The molecule has 2 aromatic heterocycles. The number of nitrogens with one attached hydrogen (secondary N) is 1. The fourth-order valence-corrected chi connectivity index (χ4v) is 5.54. The van der Waals surface area contributed by atoms with Crippen molar-refractivity contribution in [1.29, 1.82) is 0 Å². The van der Waals surface area contributed by atoms with Crippen LogP contribution in [-0.2, 0) is 18.4 Å². The first-order valence-corrected chi connectivity index (χ1v) is 11.8. The molecule has 2 atom stereocenters. The summed E-state index contributed by atoms with van der Waals surface area (Å²) in [6.45, 7) is 6.20. The second kappa shape index (κ2) is 8.39. The van der Waals surface area contributed by atoms with E-state index in [1.807, 2.05) is 35.9 Å². The van der Waals surface area contributed by atoms with E-state index in [4.69, 9.17) is 4.42 Å². The van der Waals surface area contributed by atoms with Crippen LogP contribution in [0.4, 0.5) is 0 Å². The lowest BCUT2D eigenvalue weighted by Gasteiger charge is -2.32. The second-order valence-corrected chi connectivity index (χ2v) is 9.94. The number of fused-ring (bicyclic) bond motifs is 1. The molecule has 0 aromatic carbocycles. The summed E-state index contributed by atoms with van der Waals surface area (Å²) in [4.78, 5) is 31.1. The van der Waals surface area contributed by atoms with Crippen LogP contribution in [0.15, 0.2) is 29.1 Å². The molecule has 2 amide bonds. The van der Waals surface area contributed by atoms with Crippen molar-refractivity contribution in [3.05, 3.63) is 41.6 Å². The van der Waals surface area contributed by atoms with E-state index in [2.05, 4.69) is 15.3 Å². The normalized spacial score (nSPS) is 26.1. The fourth-order valence-electron chi connectivity index (χ4n) is 5.54. The molecule has 1 aliphatic carbocycles. The van der Waals surface area contributed by atoms with Crippen LogP contribution < -0.4 is 5.32 Å². The van der Waals surface area contributed by atoms with Gasteiger partial charge in [0.25, 0.3) is 5.91 Å². The Kier molecular flexibility index (Phi) is 5.57. The minimum atomic E-state index is -0.447. The van der Waals surface area contributed by atoms with Gasteiger partial charge in [-0.1, -0.05) is 0 Å². The van der Waals surface area contributed by atoms with Gasteiger partial charge in [0.2, 0.25) is 5.91 Å². The summed E-state index contributed by atoms with van der Waals surface area (Å²) in [6, 6.07) is 1.75. The number of furan rings is 1. The largest absolute Gasteiger partial charge is 0.469 e. The fraction of sp³-hybridized carbons (Fsp3) is 0.625. The molecule has 0 spiro atoms. The number of hydrogen-bond acceptors (Lipinski definition) is 5. The summed E-state index contributed by atoms with van der Waals surface area (Å²) in [6.07, 6.45) is 9.58. The zero-order valence-corrected chi connectivity index (χ0v) is 19.0. The van der Waals surface area contributed by atoms with Gasteiger partial charge in [-0.2, -0.15) is 5.10 Å². The lowest BCUT2D eigenvalue weighted by Crippen LogP contribution is -2.48. The molecule has 2 saturated heterocycles. The van der Waals surface area contributed by atoms with E-state index in [0.29, 0.717) is 30.3 Å². The van der Waals surface area contributed by atoms with E-state index in [-0.39, 0.29) is 17.7 Å². The number of likely N-dealkylation sites (tertiary alicyclic amines) is 2. The highest BCUT2D eigenvalue weighted by atomic mass is 16.3. The number of aryl methyl sites for hydroxylation is 2. The average molecular weight is 440 g/mol. The molecule has 4 heterocycles. The minimum Gasteiger partial charge on any atom is -0.469 e. The molecule has 172 valence electrons. The molecule has 5 rings (SSSR count). The molecule has 0 unspecified atom stereocenters. The summed E-state index contributed by atoms with van der Waals surface area (Å²) in [5, 5.41) is 7.57. The highest BCUT2D eigenvalue weighted by molar-refractivity contribution is 5.95. The van der Waals surface area contributed by atoms with Crippen molar-refractivity contribution in [3.8, 4) is 0 Å². The van der Waals surface area contributed by atoms with Crippen molar-refractivity contribution >= 4 is 11.8 Å². The maximum Gasteiger partial charge on any atom is 0.257 e. The molecular weight excluding hydrogens is 406 g/mol. The molecular formula is C24H33N5O3. The number of rotatable bonds is 6. The van der Waals surface area contributed by atoms with E-state index in [0.717, 1.165) is 44.6 Å². The van der Waals surface area contributed by atoms with Crippen molar-refractivity contribution < 1.29 is 14.0 Å². The van der Waals surface area contributed by atoms with Gasteiger partial charge < -0.3 is 14.6 Å². The van der Waals surface area contributed by atoms with Gasteiger partial charge in [-0.3, -0.25) is 19.2 Å². The number of nitrogens with zero attached hydrogens (tertiary/aromatic N) is 4. The number of carbonyl (C=O) groups is 2. The molecule has 8 nitrogen and oxygen atoms in total. The molecule has 1 N–H and O–H groups in total. The van der Waals surface area contributed by atoms with Gasteiger partial charge in [0.15, 0.2) is 0 Å². The van der Waals surface area contributed by atoms with Gasteiger partial charge in [-0.15, -0.1) is 0 Å². The molecule has 3 fully saturated rings. The number of amides is 2. The average Bonchev–Trinajstić information content (AvgIpc) is 3.28. The first-order chi connectivity index (χ1) is 15.4. The van der Waals surface area contributed by atoms with Crippen molar-refractivity contribution in [1.82, 2.24) is 24.9 Å². The molecule has 0 bridgehead atoms. The maximum atomic E-state index is 13.6. The molecule has 2 aliphatic heterocycles. The van der Waals surface area contributed by atoms with E-state index in [1.165, 1.54) is 12.8 Å².